The van der Waals surface area contributed by atoms with Gasteiger partial charge in [0.05, 0.1) is 5.69 Å². The molecule has 0 aliphatic carbocycles. The van der Waals surface area contributed by atoms with E-state index in [2.05, 4.69) is 5.32 Å². The number of urea groups is 1. The average molecular weight is 364 g/mol. The van der Waals surface area contributed by atoms with Crippen molar-refractivity contribution in [2.24, 2.45) is 0 Å². The summed E-state index contributed by atoms with van der Waals surface area (Å²) in [6.45, 7) is 0.773. The molecule has 3 rings (SSSR count). The molecule has 0 spiro atoms. The van der Waals surface area contributed by atoms with Crippen LogP contribution in [0.4, 0.5) is 10.5 Å². The highest BCUT2D eigenvalue weighted by atomic mass is 16.3. The zero-order valence-corrected chi connectivity index (χ0v) is 14.5. The molecule has 0 radical (unpaired) electrons. The van der Waals surface area contributed by atoms with Gasteiger partial charge in [-0.25, -0.2) is 4.79 Å². The van der Waals surface area contributed by atoms with Gasteiger partial charge in [0, 0.05) is 25.2 Å². The fraction of sp³-hybridized carbons (Fsp3) is 0.0952. The Balaban J connectivity index is 1.81. The van der Waals surface area contributed by atoms with Crippen molar-refractivity contribution in [2.45, 2.75) is 13.1 Å². The minimum atomic E-state index is -0.626. The van der Waals surface area contributed by atoms with Crippen LogP contribution in [0.5, 0.6) is 17.2 Å². The van der Waals surface area contributed by atoms with Gasteiger partial charge >= 0.3 is 6.03 Å². The number of nitrogens with zero attached hydrogens (tertiary/aromatic N) is 1. The van der Waals surface area contributed by atoms with Crippen LogP contribution in [0.3, 0.4) is 0 Å². The second-order valence-corrected chi connectivity index (χ2v) is 6.12. The number of carbonyl (C=O) groups is 1. The quantitative estimate of drug-likeness (QED) is 0.406. The molecule has 6 heteroatoms. The number of aromatic hydroxyl groups is 3. The maximum absolute atomic E-state index is 12.8. The predicted octanol–water partition coefficient (Wildman–Crippen LogP) is 4.04. The highest BCUT2D eigenvalue weighted by Crippen LogP contribution is 2.37. The maximum atomic E-state index is 12.8. The van der Waals surface area contributed by atoms with Crippen molar-refractivity contribution in [2.75, 3.05) is 5.32 Å². The van der Waals surface area contributed by atoms with Gasteiger partial charge in [0.1, 0.15) is 0 Å². The number of hydrogen-bond donors (Lipinski definition) is 4. The molecule has 138 valence electrons. The minimum absolute atomic E-state index is 0.180. The van der Waals surface area contributed by atoms with E-state index < -0.39 is 23.3 Å². The number of benzene rings is 3. The summed E-state index contributed by atoms with van der Waals surface area (Å²) < 4.78 is 0. The van der Waals surface area contributed by atoms with Crippen molar-refractivity contribution in [1.82, 2.24) is 4.90 Å². The Morgan fingerprint density at radius 3 is 1.67 bits per heavy atom. The van der Waals surface area contributed by atoms with Crippen LogP contribution in [0.1, 0.15) is 11.1 Å². The fourth-order valence-electron chi connectivity index (χ4n) is 2.69. The lowest BCUT2D eigenvalue weighted by molar-refractivity contribution is 0.206. The summed E-state index contributed by atoms with van der Waals surface area (Å²) in [4.78, 5) is 14.4. The average Bonchev–Trinajstić information content (AvgIpc) is 2.67. The van der Waals surface area contributed by atoms with Gasteiger partial charge in [0.2, 0.25) is 0 Å². The monoisotopic (exact) mass is 364 g/mol. The number of hydrogen-bond acceptors (Lipinski definition) is 4. The lowest BCUT2D eigenvalue weighted by atomic mass is 10.2. The van der Waals surface area contributed by atoms with E-state index in [4.69, 9.17) is 0 Å². The van der Waals surface area contributed by atoms with E-state index in [1.54, 1.807) is 4.90 Å². The smallest absolute Gasteiger partial charge is 0.322 e. The van der Waals surface area contributed by atoms with E-state index in [-0.39, 0.29) is 5.69 Å². The molecule has 0 bridgehead atoms. The Bertz CT molecular complexity index is 849. The summed E-state index contributed by atoms with van der Waals surface area (Å²) in [5, 5.41) is 31.3. The number of nitrogens with one attached hydrogen (secondary N) is 1. The first-order chi connectivity index (χ1) is 13.0. The number of amides is 2. The standard InChI is InChI=1S/C21H20N2O4/c24-18-11-17(12-19(25)20(18)26)22-21(27)23(13-15-7-3-1-4-8-15)14-16-9-5-2-6-10-16/h1-12,24-26H,13-14H2,(H,22,27). The van der Waals surface area contributed by atoms with Gasteiger partial charge in [-0.3, -0.25) is 0 Å². The van der Waals surface area contributed by atoms with Gasteiger partial charge in [0.15, 0.2) is 17.2 Å². The third-order valence-corrected chi connectivity index (χ3v) is 4.04. The van der Waals surface area contributed by atoms with Crippen molar-refractivity contribution in [3.05, 3.63) is 83.9 Å². The highest BCUT2D eigenvalue weighted by Gasteiger charge is 2.17. The lowest BCUT2D eigenvalue weighted by Gasteiger charge is -2.23. The van der Waals surface area contributed by atoms with Gasteiger partial charge in [-0.1, -0.05) is 60.7 Å². The molecular formula is C21H20N2O4. The zero-order valence-electron chi connectivity index (χ0n) is 14.5. The molecule has 0 aliphatic heterocycles. The van der Waals surface area contributed by atoms with E-state index in [0.717, 1.165) is 11.1 Å². The van der Waals surface area contributed by atoms with Crippen molar-refractivity contribution < 1.29 is 20.1 Å². The van der Waals surface area contributed by atoms with Crippen LogP contribution in [0, 0.1) is 0 Å². The Labute approximate surface area is 156 Å². The van der Waals surface area contributed by atoms with Crippen LogP contribution in [0.15, 0.2) is 72.8 Å². The first kappa shape index (κ1) is 18.1. The molecule has 27 heavy (non-hydrogen) atoms. The molecule has 0 aliphatic rings. The first-order valence-electron chi connectivity index (χ1n) is 8.41. The van der Waals surface area contributed by atoms with Gasteiger partial charge < -0.3 is 25.5 Å². The SMILES string of the molecule is O=C(Nc1cc(O)c(O)c(O)c1)N(Cc1ccccc1)Cc1ccccc1. The second kappa shape index (κ2) is 8.14. The molecule has 0 heterocycles. The summed E-state index contributed by atoms with van der Waals surface area (Å²) >= 11 is 0. The molecule has 3 aromatic carbocycles. The van der Waals surface area contributed by atoms with Crippen LogP contribution >= 0.6 is 0 Å². The zero-order chi connectivity index (χ0) is 19.2. The Hall–Kier alpha value is -3.67. The molecule has 0 aromatic heterocycles. The predicted molar refractivity (Wildman–Crippen MR) is 103 cm³/mol. The van der Waals surface area contributed by atoms with Gasteiger partial charge in [-0.2, -0.15) is 0 Å². The van der Waals surface area contributed by atoms with E-state index in [1.165, 1.54) is 12.1 Å². The van der Waals surface area contributed by atoms with Crippen LogP contribution in [-0.4, -0.2) is 26.3 Å². The van der Waals surface area contributed by atoms with Gasteiger partial charge in [-0.05, 0) is 11.1 Å². The second-order valence-electron chi connectivity index (χ2n) is 6.12. The molecule has 6 nitrogen and oxygen atoms in total. The molecule has 3 aromatic rings. The molecular weight excluding hydrogens is 344 g/mol. The van der Waals surface area contributed by atoms with Crippen LogP contribution in [-0.2, 0) is 13.1 Å². The number of phenolic OH excluding ortho intramolecular Hbond substituents is 3. The summed E-state index contributed by atoms with van der Waals surface area (Å²) in [6, 6.07) is 21.1. The van der Waals surface area contributed by atoms with Gasteiger partial charge in [-0.15, -0.1) is 0 Å². The molecule has 0 saturated carbocycles. The molecule has 0 atom stereocenters. The Kier molecular flexibility index (Phi) is 5.47. The van der Waals surface area contributed by atoms with Crippen LogP contribution in [0.2, 0.25) is 0 Å². The number of carbonyl (C=O) groups excluding carboxylic acids is 1. The summed E-state index contributed by atoms with van der Waals surface area (Å²) in [6.07, 6.45) is 0. The fourth-order valence-corrected chi connectivity index (χ4v) is 2.69. The van der Waals surface area contributed by atoms with E-state index in [9.17, 15) is 20.1 Å². The van der Waals surface area contributed by atoms with E-state index in [1.807, 2.05) is 60.7 Å². The normalized spacial score (nSPS) is 10.4. The topological polar surface area (TPSA) is 93.0 Å². The molecule has 4 N–H and O–H groups in total. The summed E-state index contributed by atoms with van der Waals surface area (Å²) in [5.74, 6) is -1.65. The third-order valence-electron chi connectivity index (χ3n) is 4.04. The first-order valence-corrected chi connectivity index (χ1v) is 8.41. The van der Waals surface area contributed by atoms with Crippen molar-refractivity contribution in [3.63, 3.8) is 0 Å². The number of rotatable bonds is 5. The third kappa shape index (κ3) is 4.70. The van der Waals surface area contributed by atoms with E-state index >= 15 is 0 Å². The Morgan fingerprint density at radius 1 is 0.778 bits per heavy atom. The minimum Gasteiger partial charge on any atom is -0.504 e. The maximum Gasteiger partial charge on any atom is 0.322 e. The largest absolute Gasteiger partial charge is 0.504 e. The molecule has 0 saturated heterocycles. The Morgan fingerprint density at radius 2 is 1.22 bits per heavy atom. The van der Waals surface area contributed by atoms with Gasteiger partial charge in [0.25, 0.3) is 0 Å². The van der Waals surface area contributed by atoms with Crippen molar-refractivity contribution >= 4 is 11.7 Å². The molecule has 0 unspecified atom stereocenters. The summed E-state index contributed by atoms with van der Waals surface area (Å²) in [5.41, 5.74) is 2.12. The van der Waals surface area contributed by atoms with E-state index in [0.29, 0.717) is 13.1 Å². The molecule has 0 fully saturated rings. The molecule has 2 amide bonds. The number of anilines is 1. The highest BCUT2D eigenvalue weighted by molar-refractivity contribution is 5.90. The van der Waals surface area contributed by atoms with Crippen LogP contribution in [0.25, 0.3) is 0 Å². The van der Waals surface area contributed by atoms with Crippen molar-refractivity contribution in [3.8, 4) is 17.2 Å². The van der Waals surface area contributed by atoms with Crippen molar-refractivity contribution in [1.29, 1.82) is 0 Å². The van der Waals surface area contributed by atoms with Crippen LogP contribution < -0.4 is 5.32 Å². The lowest BCUT2D eigenvalue weighted by Crippen LogP contribution is -2.34. The number of phenols is 3. The summed E-state index contributed by atoms with van der Waals surface area (Å²) in [7, 11) is 0.